The number of thiocarbonyl (C=S) groups is 1. The number of thioether (sulfide) groups is 1. The zero-order valence-corrected chi connectivity index (χ0v) is 23.1. The number of rotatable bonds is 9. The summed E-state index contributed by atoms with van der Waals surface area (Å²) in [5, 5.41) is 9.86. The second-order valence-electron chi connectivity index (χ2n) is 9.03. The SMILES string of the molecule is CCCCn1c(N2CCCC(C(=O)OCC)C2)c(/C=C2/SC(=S)N(CCC)C2=O)c(C)c(C#N)c1=O. The molecule has 1 amide bonds. The van der Waals surface area contributed by atoms with Crippen LogP contribution in [-0.4, -0.2) is 51.9 Å². The van der Waals surface area contributed by atoms with Gasteiger partial charge in [-0.15, -0.1) is 0 Å². The number of hydrogen-bond donors (Lipinski definition) is 0. The molecule has 2 fully saturated rings. The normalized spacial score (nSPS) is 19.2. The van der Waals surface area contributed by atoms with Crippen LogP contribution in [0.25, 0.3) is 6.08 Å². The molecule has 36 heavy (non-hydrogen) atoms. The third-order valence-electron chi connectivity index (χ3n) is 6.52. The molecule has 194 valence electrons. The Bertz CT molecular complexity index is 1170. The van der Waals surface area contributed by atoms with E-state index in [4.69, 9.17) is 17.0 Å². The lowest BCUT2D eigenvalue weighted by Crippen LogP contribution is -2.43. The van der Waals surface area contributed by atoms with Gasteiger partial charge in [-0.25, -0.2) is 0 Å². The maximum absolute atomic E-state index is 13.5. The van der Waals surface area contributed by atoms with Crippen molar-refractivity contribution in [1.29, 1.82) is 5.26 Å². The highest BCUT2D eigenvalue weighted by atomic mass is 32.2. The highest BCUT2D eigenvalue weighted by Gasteiger charge is 2.34. The second kappa shape index (κ2) is 12.5. The van der Waals surface area contributed by atoms with E-state index in [0.717, 1.165) is 32.1 Å². The van der Waals surface area contributed by atoms with Crippen LogP contribution in [0.4, 0.5) is 5.82 Å². The first kappa shape index (κ1) is 27.9. The largest absolute Gasteiger partial charge is 0.466 e. The highest BCUT2D eigenvalue weighted by molar-refractivity contribution is 8.26. The molecule has 0 aliphatic carbocycles. The number of pyridine rings is 1. The molecule has 0 aromatic carbocycles. The summed E-state index contributed by atoms with van der Waals surface area (Å²) in [7, 11) is 0. The minimum Gasteiger partial charge on any atom is -0.466 e. The molecule has 3 heterocycles. The van der Waals surface area contributed by atoms with Crippen LogP contribution >= 0.6 is 24.0 Å². The topological polar surface area (TPSA) is 95.6 Å². The number of aromatic nitrogens is 1. The molecule has 1 unspecified atom stereocenters. The predicted octanol–water partition coefficient (Wildman–Crippen LogP) is 4.22. The summed E-state index contributed by atoms with van der Waals surface area (Å²) in [6.45, 7) is 9.94. The first-order valence-electron chi connectivity index (χ1n) is 12.6. The molecule has 1 atom stereocenters. The van der Waals surface area contributed by atoms with Gasteiger partial charge >= 0.3 is 5.97 Å². The predicted molar refractivity (Wildman–Crippen MR) is 147 cm³/mol. The van der Waals surface area contributed by atoms with Crippen molar-refractivity contribution in [2.75, 3.05) is 31.1 Å². The van der Waals surface area contributed by atoms with Crippen molar-refractivity contribution < 1.29 is 14.3 Å². The summed E-state index contributed by atoms with van der Waals surface area (Å²) >= 11 is 6.69. The Hall–Kier alpha value is -2.64. The maximum atomic E-state index is 13.5. The number of unbranched alkanes of at least 4 members (excludes halogenated alkanes) is 1. The molecular weight excluding hydrogens is 496 g/mol. The number of carbonyl (C=O) groups excluding carboxylic acids is 2. The lowest BCUT2D eigenvalue weighted by molar-refractivity contribution is -0.148. The Balaban J connectivity index is 2.20. The van der Waals surface area contributed by atoms with Gasteiger partial charge in [0.15, 0.2) is 0 Å². The quantitative estimate of drug-likeness (QED) is 0.266. The lowest BCUT2D eigenvalue weighted by atomic mass is 9.96. The molecule has 2 aliphatic rings. The van der Waals surface area contributed by atoms with Gasteiger partial charge in [0.1, 0.15) is 21.8 Å². The Morgan fingerprint density at radius 1 is 1.25 bits per heavy atom. The minimum absolute atomic E-state index is 0.0732. The van der Waals surface area contributed by atoms with Crippen LogP contribution in [0.3, 0.4) is 0 Å². The molecule has 0 saturated carbocycles. The Labute approximate surface area is 222 Å². The van der Waals surface area contributed by atoms with Gasteiger partial charge in [0.25, 0.3) is 11.5 Å². The van der Waals surface area contributed by atoms with E-state index in [1.54, 1.807) is 29.4 Å². The van der Waals surface area contributed by atoms with E-state index in [1.165, 1.54) is 11.8 Å². The van der Waals surface area contributed by atoms with Gasteiger partial charge in [-0.1, -0.05) is 44.2 Å². The summed E-state index contributed by atoms with van der Waals surface area (Å²) in [5.41, 5.74) is 0.921. The molecular formula is C26H34N4O4S2. The molecule has 1 aromatic heterocycles. The van der Waals surface area contributed by atoms with E-state index >= 15 is 0 Å². The van der Waals surface area contributed by atoms with Crippen molar-refractivity contribution in [1.82, 2.24) is 9.47 Å². The van der Waals surface area contributed by atoms with E-state index in [1.807, 2.05) is 13.8 Å². The highest BCUT2D eigenvalue weighted by Crippen LogP contribution is 2.37. The maximum Gasteiger partial charge on any atom is 0.310 e. The van der Waals surface area contributed by atoms with Gasteiger partial charge in [-0.3, -0.25) is 23.9 Å². The number of ether oxygens (including phenoxy) is 1. The summed E-state index contributed by atoms with van der Waals surface area (Å²) < 4.78 is 7.45. The third kappa shape index (κ3) is 5.68. The van der Waals surface area contributed by atoms with E-state index in [2.05, 4.69) is 11.0 Å². The van der Waals surface area contributed by atoms with Gasteiger partial charge < -0.3 is 9.64 Å². The van der Waals surface area contributed by atoms with Crippen LogP contribution < -0.4 is 10.5 Å². The Kier molecular flexibility index (Phi) is 9.74. The number of carbonyl (C=O) groups is 2. The zero-order valence-electron chi connectivity index (χ0n) is 21.5. The van der Waals surface area contributed by atoms with Crippen LogP contribution in [0.1, 0.15) is 69.6 Å². The van der Waals surface area contributed by atoms with E-state index in [-0.39, 0.29) is 28.9 Å². The standard InChI is InChI=1S/C26H34N4O4S2/c1-5-8-13-29-22(28-12-9-10-18(16-28)25(33)34-7-3)19(17(4)20(15-27)23(29)31)14-21-24(32)30(11-6-2)26(35)36-21/h14,18H,5-13,16H2,1-4H3/b21-14+. The van der Waals surface area contributed by atoms with Crippen LogP contribution in [-0.2, 0) is 20.9 Å². The van der Waals surface area contributed by atoms with Gasteiger partial charge in [-0.05, 0) is 51.2 Å². The first-order valence-corrected chi connectivity index (χ1v) is 13.9. The van der Waals surface area contributed by atoms with Crippen LogP contribution in [0.2, 0.25) is 0 Å². The van der Waals surface area contributed by atoms with E-state index in [0.29, 0.717) is 59.0 Å². The van der Waals surface area contributed by atoms with Crippen molar-refractivity contribution in [2.45, 2.75) is 66.3 Å². The fraction of sp³-hybridized carbons (Fsp3) is 0.577. The minimum atomic E-state index is -0.340. The van der Waals surface area contributed by atoms with Crippen molar-refractivity contribution in [3.63, 3.8) is 0 Å². The number of esters is 1. The van der Waals surface area contributed by atoms with Crippen molar-refractivity contribution in [2.24, 2.45) is 5.92 Å². The van der Waals surface area contributed by atoms with E-state index in [9.17, 15) is 19.6 Å². The van der Waals surface area contributed by atoms with Crippen molar-refractivity contribution in [3.05, 3.63) is 31.9 Å². The molecule has 0 N–H and O–H groups in total. The Morgan fingerprint density at radius 2 is 2.00 bits per heavy atom. The molecule has 0 bridgehead atoms. The fourth-order valence-electron chi connectivity index (χ4n) is 4.68. The molecule has 2 saturated heterocycles. The number of piperidine rings is 1. The van der Waals surface area contributed by atoms with Crippen molar-refractivity contribution in [3.8, 4) is 6.07 Å². The molecule has 2 aliphatic heterocycles. The summed E-state index contributed by atoms with van der Waals surface area (Å²) in [6.07, 6.45) is 5.67. The van der Waals surface area contributed by atoms with Crippen LogP contribution in [0.15, 0.2) is 9.70 Å². The Morgan fingerprint density at radius 3 is 2.64 bits per heavy atom. The summed E-state index contributed by atoms with van der Waals surface area (Å²) in [4.78, 5) is 43.3. The number of anilines is 1. The van der Waals surface area contributed by atoms with E-state index < -0.39 is 0 Å². The van der Waals surface area contributed by atoms with Gasteiger partial charge in [0.2, 0.25) is 0 Å². The summed E-state index contributed by atoms with van der Waals surface area (Å²) in [5.74, 6) is -0.0539. The monoisotopic (exact) mass is 530 g/mol. The summed E-state index contributed by atoms with van der Waals surface area (Å²) in [6, 6.07) is 2.09. The average molecular weight is 531 g/mol. The second-order valence-corrected chi connectivity index (χ2v) is 10.7. The average Bonchev–Trinajstić information content (AvgIpc) is 3.13. The van der Waals surface area contributed by atoms with Gasteiger partial charge in [0, 0.05) is 31.7 Å². The molecule has 0 radical (unpaired) electrons. The third-order valence-corrected chi connectivity index (χ3v) is 7.90. The number of nitriles is 1. The van der Waals surface area contributed by atoms with Crippen LogP contribution in [0.5, 0.6) is 0 Å². The fourth-order valence-corrected chi connectivity index (χ4v) is 5.97. The zero-order chi connectivity index (χ0) is 26.4. The van der Waals surface area contributed by atoms with Crippen LogP contribution in [0, 0.1) is 24.2 Å². The number of amides is 1. The van der Waals surface area contributed by atoms with Gasteiger partial charge in [0.05, 0.1) is 17.4 Å². The lowest BCUT2D eigenvalue weighted by Gasteiger charge is -2.36. The molecule has 3 rings (SSSR count). The molecule has 10 heteroatoms. The molecule has 0 spiro atoms. The van der Waals surface area contributed by atoms with Crippen molar-refractivity contribution >= 4 is 52.1 Å². The molecule has 8 nitrogen and oxygen atoms in total. The number of nitrogens with zero attached hydrogens (tertiary/aromatic N) is 4. The molecule has 1 aromatic rings. The number of hydrogen-bond acceptors (Lipinski definition) is 8. The van der Waals surface area contributed by atoms with Gasteiger partial charge in [-0.2, -0.15) is 5.26 Å². The smallest absolute Gasteiger partial charge is 0.310 e. The first-order chi connectivity index (χ1) is 17.3.